The Morgan fingerprint density at radius 3 is 2.50 bits per heavy atom. The molecular weight excluding hydrogens is 437 g/mol. The van der Waals surface area contributed by atoms with E-state index in [1.807, 2.05) is 0 Å². The maximum absolute atomic E-state index is 13.7. The molecule has 0 radical (unpaired) electrons. The lowest BCUT2D eigenvalue weighted by molar-refractivity contribution is -0.115. The zero-order valence-electron chi connectivity index (χ0n) is 17.8. The first-order valence-corrected chi connectivity index (χ1v) is 11.9. The van der Waals surface area contributed by atoms with Crippen LogP contribution in [0.1, 0.15) is 36.5 Å². The highest BCUT2D eigenvalue weighted by Gasteiger charge is 2.29. The number of carbonyl (C=O) groups is 2. The van der Waals surface area contributed by atoms with Crippen LogP contribution in [0.5, 0.6) is 5.75 Å². The Morgan fingerprint density at radius 1 is 1.09 bits per heavy atom. The molecule has 1 heterocycles. The molecule has 2 N–H and O–H groups in total. The number of ether oxygens (including phenoxy) is 1. The van der Waals surface area contributed by atoms with Gasteiger partial charge < -0.3 is 15.4 Å². The molecule has 2 aromatic rings. The minimum atomic E-state index is -3.79. The van der Waals surface area contributed by atoms with E-state index < -0.39 is 34.2 Å². The highest BCUT2D eigenvalue weighted by molar-refractivity contribution is 7.89. The Bertz CT molecular complexity index is 1080. The van der Waals surface area contributed by atoms with E-state index in [0.717, 1.165) is 25.3 Å². The fraction of sp³-hybridized carbons (Fsp3) is 0.364. The number of nitrogens with one attached hydrogen (secondary N) is 2. The maximum Gasteiger partial charge on any atom is 0.254 e. The summed E-state index contributed by atoms with van der Waals surface area (Å²) in [6, 6.07) is 9.81. The van der Waals surface area contributed by atoms with E-state index >= 15 is 0 Å². The molecule has 0 spiro atoms. The molecule has 32 heavy (non-hydrogen) atoms. The van der Waals surface area contributed by atoms with Gasteiger partial charge in [-0.2, -0.15) is 4.31 Å². The van der Waals surface area contributed by atoms with Gasteiger partial charge in [-0.25, -0.2) is 12.8 Å². The summed E-state index contributed by atoms with van der Waals surface area (Å²) in [4.78, 5) is 24.3. The molecule has 0 aromatic heterocycles. The van der Waals surface area contributed by atoms with Crippen LogP contribution in [0.25, 0.3) is 0 Å². The lowest BCUT2D eigenvalue weighted by Crippen LogP contribution is -2.36. The van der Waals surface area contributed by atoms with Gasteiger partial charge in [-0.05, 0) is 50.1 Å². The fourth-order valence-electron chi connectivity index (χ4n) is 3.41. The third kappa shape index (κ3) is 5.63. The molecule has 10 heteroatoms. The summed E-state index contributed by atoms with van der Waals surface area (Å²) < 4.78 is 46.9. The third-order valence-corrected chi connectivity index (χ3v) is 6.91. The number of halogens is 1. The first-order chi connectivity index (χ1) is 15.3. The van der Waals surface area contributed by atoms with Gasteiger partial charge in [-0.1, -0.05) is 18.6 Å². The monoisotopic (exact) mass is 463 g/mol. The Hall–Kier alpha value is -2.98. The van der Waals surface area contributed by atoms with Crippen LogP contribution < -0.4 is 15.4 Å². The minimum absolute atomic E-state index is 0.0190. The lowest BCUT2D eigenvalue weighted by atomic mass is 10.2. The standard InChI is InChI=1S/C22H26FN3O5S/c1-2-31-19-11-10-16(14-20(19)32(29,30)26-12-6-3-7-13-26)25-21(27)15-24-22(28)17-8-4-5-9-18(17)23/h4-5,8-11,14H,2-3,6-7,12-13,15H2,1H3,(H,24,28)(H,25,27). The Balaban J connectivity index is 1.72. The van der Waals surface area contributed by atoms with Crippen molar-refractivity contribution in [2.24, 2.45) is 0 Å². The Labute approximate surface area is 186 Å². The van der Waals surface area contributed by atoms with Gasteiger partial charge in [-0.15, -0.1) is 0 Å². The zero-order chi connectivity index (χ0) is 23.1. The molecule has 3 rings (SSSR count). The van der Waals surface area contributed by atoms with Crippen molar-refractivity contribution in [1.82, 2.24) is 9.62 Å². The molecule has 1 aliphatic rings. The van der Waals surface area contributed by atoms with E-state index in [4.69, 9.17) is 4.74 Å². The SMILES string of the molecule is CCOc1ccc(NC(=O)CNC(=O)c2ccccc2F)cc1S(=O)(=O)N1CCCCC1. The maximum atomic E-state index is 13.7. The van der Waals surface area contributed by atoms with Crippen molar-refractivity contribution in [3.63, 3.8) is 0 Å². The van der Waals surface area contributed by atoms with Gasteiger partial charge in [0.15, 0.2) is 0 Å². The largest absolute Gasteiger partial charge is 0.492 e. The smallest absolute Gasteiger partial charge is 0.254 e. The molecule has 2 aromatic carbocycles. The van der Waals surface area contributed by atoms with Crippen LogP contribution in [0, 0.1) is 5.82 Å². The van der Waals surface area contributed by atoms with E-state index in [0.29, 0.717) is 13.1 Å². The van der Waals surface area contributed by atoms with E-state index in [2.05, 4.69) is 10.6 Å². The molecule has 0 atom stereocenters. The quantitative estimate of drug-likeness (QED) is 0.626. The summed E-state index contributed by atoms with van der Waals surface area (Å²) in [5.74, 6) is -1.79. The average molecular weight is 464 g/mol. The summed E-state index contributed by atoms with van der Waals surface area (Å²) in [5, 5.41) is 4.91. The molecule has 2 amide bonds. The van der Waals surface area contributed by atoms with Gasteiger partial charge in [0, 0.05) is 18.8 Å². The van der Waals surface area contributed by atoms with E-state index in [-0.39, 0.29) is 28.5 Å². The number of amides is 2. The number of benzene rings is 2. The average Bonchev–Trinajstić information content (AvgIpc) is 2.79. The fourth-order valence-corrected chi connectivity index (χ4v) is 5.09. The van der Waals surface area contributed by atoms with Crippen LogP contribution in [0.3, 0.4) is 0 Å². The van der Waals surface area contributed by atoms with Crippen molar-refractivity contribution in [3.05, 3.63) is 53.8 Å². The Kier molecular flexibility index (Phi) is 7.81. The zero-order valence-corrected chi connectivity index (χ0v) is 18.6. The molecular formula is C22H26FN3O5S. The van der Waals surface area contributed by atoms with Gasteiger partial charge in [0.05, 0.1) is 18.7 Å². The predicted molar refractivity (Wildman–Crippen MR) is 118 cm³/mol. The van der Waals surface area contributed by atoms with Crippen LogP contribution in [-0.2, 0) is 14.8 Å². The van der Waals surface area contributed by atoms with Gasteiger partial charge in [0.25, 0.3) is 5.91 Å². The summed E-state index contributed by atoms with van der Waals surface area (Å²) in [6.07, 6.45) is 2.57. The molecule has 1 fully saturated rings. The number of carbonyl (C=O) groups excluding carboxylic acids is 2. The summed E-state index contributed by atoms with van der Waals surface area (Å²) in [6.45, 7) is 2.51. The molecule has 1 saturated heterocycles. The molecule has 0 saturated carbocycles. The first-order valence-electron chi connectivity index (χ1n) is 10.4. The van der Waals surface area contributed by atoms with Gasteiger partial charge in [-0.3, -0.25) is 9.59 Å². The highest BCUT2D eigenvalue weighted by atomic mass is 32.2. The molecule has 0 bridgehead atoms. The molecule has 172 valence electrons. The van der Waals surface area contributed by atoms with Gasteiger partial charge in [0.2, 0.25) is 15.9 Å². The van der Waals surface area contributed by atoms with E-state index in [1.54, 1.807) is 6.92 Å². The topological polar surface area (TPSA) is 105 Å². The number of rotatable bonds is 8. The van der Waals surface area contributed by atoms with Crippen molar-refractivity contribution in [3.8, 4) is 5.75 Å². The van der Waals surface area contributed by atoms with Crippen LogP contribution >= 0.6 is 0 Å². The lowest BCUT2D eigenvalue weighted by Gasteiger charge is -2.27. The minimum Gasteiger partial charge on any atom is -0.492 e. The Morgan fingerprint density at radius 2 is 1.81 bits per heavy atom. The van der Waals surface area contributed by atoms with Crippen molar-refractivity contribution in [2.45, 2.75) is 31.1 Å². The van der Waals surface area contributed by atoms with Crippen molar-refractivity contribution in [2.75, 3.05) is 31.6 Å². The summed E-state index contributed by atoms with van der Waals surface area (Å²) in [7, 11) is -3.79. The number of nitrogens with zero attached hydrogens (tertiary/aromatic N) is 1. The van der Waals surface area contributed by atoms with Gasteiger partial charge >= 0.3 is 0 Å². The molecule has 8 nitrogen and oxygen atoms in total. The van der Waals surface area contributed by atoms with E-state index in [1.165, 1.54) is 40.7 Å². The van der Waals surface area contributed by atoms with Gasteiger partial charge in [0.1, 0.15) is 16.5 Å². The number of piperidine rings is 1. The first kappa shape index (κ1) is 23.7. The second-order valence-corrected chi connectivity index (χ2v) is 9.18. The van der Waals surface area contributed by atoms with Crippen molar-refractivity contribution < 1.29 is 27.1 Å². The summed E-state index contributed by atoms with van der Waals surface area (Å²) >= 11 is 0. The molecule has 1 aliphatic heterocycles. The number of anilines is 1. The van der Waals surface area contributed by atoms with Crippen molar-refractivity contribution >= 4 is 27.5 Å². The van der Waals surface area contributed by atoms with Crippen LogP contribution in [0.4, 0.5) is 10.1 Å². The third-order valence-electron chi connectivity index (χ3n) is 4.99. The number of sulfonamides is 1. The molecule has 0 aliphatic carbocycles. The number of hydrogen-bond acceptors (Lipinski definition) is 5. The highest BCUT2D eigenvalue weighted by Crippen LogP contribution is 2.31. The number of hydrogen-bond donors (Lipinski definition) is 2. The van der Waals surface area contributed by atoms with Crippen LogP contribution in [0.15, 0.2) is 47.4 Å². The predicted octanol–water partition coefficient (Wildman–Crippen LogP) is 2.77. The molecule has 0 unspecified atom stereocenters. The van der Waals surface area contributed by atoms with E-state index in [9.17, 15) is 22.4 Å². The van der Waals surface area contributed by atoms with Crippen molar-refractivity contribution in [1.29, 1.82) is 0 Å². The normalized spacial score (nSPS) is 14.6. The van der Waals surface area contributed by atoms with Crippen LogP contribution in [0.2, 0.25) is 0 Å². The second kappa shape index (κ2) is 10.6. The van der Waals surface area contributed by atoms with Crippen LogP contribution in [-0.4, -0.2) is 50.8 Å². The second-order valence-electron chi connectivity index (χ2n) is 7.27. The summed E-state index contributed by atoms with van der Waals surface area (Å²) in [5.41, 5.74) is 0.0745.